The first-order chi connectivity index (χ1) is 10.8. The van der Waals surface area contributed by atoms with Crippen molar-refractivity contribution in [2.24, 2.45) is 5.14 Å². The summed E-state index contributed by atoms with van der Waals surface area (Å²) < 4.78 is 35.0. The smallest absolute Gasteiger partial charge is 0.244 e. The molecule has 0 aromatic heterocycles. The number of primary sulfonamides is 1. The molecule has 0 fully saturated rings. The van der Waals surface area contributed by atoms with Gasteiger partial charge in [-0.3, -0.25) is 4.79 Å². The lowest BCUT2D eigenvalue weighted by molar-refractivity contribution is -0.116. The van der Waals surface area contributed by atoms with Crippen molar-refractivity contribution >= 4 is 22.0 Å². The van der Waals surface area contributed by atoms with Gasteiger partial charge in [0, 0.05) is 12.6 Å². The van der Waals surface area contributed by atoms with Crippen LogP contribution in [0.4, 0.5) is 4.39 Å². The minimum Gasteiger partial charge on any atom is -0.348 e. The van der Waals surface area contributed by atoms with Gasteiger partial charge in [0.15, 0.2) is 0 Å². The van der Waals surface area contributed by atoms with E-state index in [0.29, 0.717) is 5.56 Å². The second-order valence-electron chi connectivity index (χ2n) is 4.79. The van der Waals surface area contributed by atoms with E-state index < -0.39 is 10.0 Å². The Morgan fingerprint density at radius 2 is 1.70 bits per heavy atom. The van der Waals surface area contributed by atoms with Crippen LogP contribution in [-0.2, 0) is 21.4 Å². The highest BCUT2D eigenvalue weighted by atomic mass is 32.2. The SMILES string of the molecule is NS(=O)(=O)c1ccc(CNC(=O)C=Cc2ccc(F)cc2)cc1. The van der Waals surface area contributed by atoms with Gasteiger partial charge in [-0.25, -0.2) is 17.9 Å². The van der Waals surface area contributed by atoms with Crippen LogP contribution in [0.15, 0.2) is 59.5 Å². The summed E-state index contributed by atoms with van der Waals surface area (Å²) >= 11 is 0. The van der Waals surface area contributed by atoms with Crippen LogP contribution in [0.1, 0.15) is 11.1 Å². The first-order valence-electron chi connectivity index (χ1n) is 6.68. The number of halogens is 1. The topological polar surface area (TPSA) is 89.3 Å². The van der Waals surface area contributed by atoms with Gasteiger partial charge in [-0.05, 0) is 41.5 Å². The van der Waals surface area contributed by atoms with Gasteiger partial charge in [0.1, 0.15) is 5.82 Å². The molecule has 0 unspecified atom stereocenters. The molecule has 5 nitrogen and oxygen atoms in total. The minimum atomic E-state index is -3.72. The average Bonchev–Trinajstić information content (AvgIpc) is 2.52. The molecule has 3 N–H and O–H groups in total. The van der Waals surface area contributed by atoms with E-state index in [1.165, 1.54) is 30.3 Å². The molecule has 0 bridgehead atoms. The van der Waals surface area contributed by atoms with E-state index in [0.717, 1.165) is 5.56 Å². The summed E-state index contributed by atoms with van der Waals surface area (Å²) in [4.78, 5) is 11.7. The van der Waals surface area contributed by atoms with Crippen LogP contribution in [0.25, 0.3) is 6.08 Å². The van der Waals surface area contributed by atoms with Crippen LogP contribution < -0.4 is 10.5 Å². The van der Waals surface area contributed by atoms with Crippen molar-refractivity contribution in [3.8, 4) is 0 Å². The number of hydrogen-bond acceptors (Lipinski definition) is 3. The van der Waals surface area contributed by atoms with E-state index in [1.807, 2.05) is 0 Å². The molecule has 0 spiro atoms. The van der Waals surface area contributed by atoms with Gasteiger partial charge in [0.05, 0.1) is 4.90 Å². The lowest BCUT2D eigenvalue weighted by Crippen LogP contribution is -2.20. The fraction of sp³-hybridized carbons (Fsp3) is 0.0625. The second-order valence-corrected chi connectivity index (χ2v) is 6.35. The predicted octanol–water partition coefficient (Wildman–Crippen LogP) is 1.80. The Balaban J connectivity index is 1.90. The highest BCUT2D eigenvalue weighted by Crippen LogP contribution is 2.08. The fourth-order valence-electron chi connectivity index (χ4n) is 1.79. The van der Waals surface area contributed by atoms with E-state index in [9.17, 15) is 17.6 Å². The summed E-state index contributed by atoms with van der Waals surface area (Å²) in [6.07, 6.45) is 2.91. The zero-order valence-electron chi connectivity index (χ0n) is 12.1. The number of carbonyl (C=O) groups excluding carboxylic acids is 1. The van der Waals surface area contributed by atoms with Crippen LogP contribution in [0.3, 0.4) is 0 Å². The monoisotopic (exact) mass is 334 g/mol. The van der Waals surface area contributed by atoms with Gasteiger partial charge in [0.2, 0.25) is 15.9 Å². The summed E-state index contributed by atoms with van der Waals surface area (Å²) in [5.41, 5.74) is 1.44. The third-order valence-corrected chi connectivity index (χ3v) is 3.95. The molecule has 0 aliphatic carbocycles. The summed E-state index contributed by atoms with van der Waals surface area (Å²) in [5, 5.41) is 7.66. The zero-order valence-corrected chi connectivity index (χ0v) is 12.9. The van der Waals surface area contributed by atoms with E-state index in [2.05, 4.69) is 5.32 Å². The Labute approximate surface area is 133 Å². The van der Waals surface area contributed by atoms with Crippen molar-refractivity contribution in [2.75, 3.05) is 0 Å². The molecule has 7 heteroatoms. The molecule has 2 aromatic rings. The van der Waals surface area contributed by atoms with Crippen LogP contribution >= 0.6 is 0 Å². The summed E-state index contributed by atoms with van der Waals surface area (Å²) in [7, 11) is -3.72. The van der Waals surface area contributed by atoms with Crippen molar-refractivity contribution < 1.29 is 17.6 Å². The van der Waals surface area contributed by atoms with E-state index >= 15 is 0 Å². The van der Waals surface area contributed by atoms with Gasteiger partial charge in [-0.1, -0.05) is 24.3 Å². The second kappa shape index (κ2) is 7.17. The van der Waals surface area contributed by atoms with Crippen LogP contribution in [0.5, 0.6) is 0 Å². The molecular formula is C16H15FN2O3S. The van der Waals surface area contributed by atoms with Gasteiger partial charge < -0.3 is 5.32 Å². The number of sulfonamides is 1. The molecule has 2 aromatic carbocycles. The predicted molar refractivity (Wildman–Crippen MR) is 85.1 cm³/mol. The van der Waals surface area contributed by atoms with Gasteiger partial charge in [0.25, 0.3) is 0 Å². The largest absolute Gasteiger partial charge is 0.348 e. The Morgan fingerprint density at radius 1 is 1.09 bits per heavy atom. The molecule has 2 rings (SSSR count). The standard InChI is InChI=1S/C16H15FN2O3S/c17-14-6-1-12(2-7-14)5-10-16(20)19-11-13-3-8-15(9-4-13)23(18,21)22/h1-10H,11H2,(H,19,20)(H2,18,21,22). The number of hydrogen-bond donors (Lipinski definition) is 2. The number of nitrogens with two attached hydrogens (primary N) is 1. The molecule has 0 radical (unpaired) electrons. The summed E-state index contributed by atoms with van der Waals surface area (Å²) in [5.74, 6) is -0.653. The maximum atomic E-state index is 12.7. The molecule has 120 valence electrons. The number of benzene rings is 2. The Bertz CT molecular complexity index is 813. The molecule has 0 saturated heterocycles. The number of nitrogens with one attached hydrogen (secondary N) is 1. The van der Waals surface area contributed by atoms with Gasteiger partial charge in [-0.2, -0.15) is 0 Å². The van der Waals surface area contributed by atoms with Crippen molar-refractivity contribution in [1.29, 1.82) is 0 Å². The number of carbonyl (C=O) groups is 1. The van der Waals surface area contributed by atoms with Crippen molar-refractivity contribution in [1.82, 2.24) is 5.32 Å². The molecule has 0 heterocycles. The van der Waals surface area contributed by atoms with Crippen molar-refractivity contribution in [3.05, 3.63) is 71.6 Å². The molecule has 0 atom stereocenters. The highest BCUT2D eigenvalue weighted by molar-refractivity contribution is 7.89. The van der Waals surface area contributed by atoms with E-state index in [-0.39, 0.29) is 23.2 Å². The number of amides is 1. The number of rotatable bonds is 5. The Morgan fingerprint density at radius 3 is 2.26 bits per heavy atom. The van der Waals surface area contributed by atoms with Crippen LogP contribution in [-0.4, -0.2) is 14.3 Å². The normalized spacial score (nSPS) is 11.6. The van der Waals surface area contributed by atoms with E-state index in [1.54, 1.807) is 30.3 Å². The minimum absolute atomic E-state index is 0.0174. The quantitative estimate of drug-likeness (QED) is 0.817. The van der Waals surface area contributed by atoms with Crippen molar-refractivity contribution in [2.45, 2.75) is 11.4 Å². The lowest BCUT2D eigenvalue weighted by Gasteiger charge is -2.04. The average molecular weight is 334 g/mol. The first kappa shape index (κ1) is 16.9. The Hall–Kier alpha value is -2.51. The van der Waals surface area contributed by atoms with Crippen LogP contribution in [0.2, 0.25) is 0 Å². The molecular weight excluding hydrogens is 319 g/mol. The van der Waals surface area contributed by atoms with Crippen molar-refractivity contribution in [3.63, 3.8) is 0 Å². The summed E-state index contributed by atoms with van der Waals surface area (Å²) in [6.45, 7) is 0.248. The molecule has 1 amide bonds. The molecule has 0 aliphatic heterocycles. The van der Waals surface area contributed by atoms with Gasteiger partial charge in [-0.15, -0.1) is 0 Å². The Kier molecular flexibility index (Phi) is 5.25. The maximum Gasteiger partial charge on any atom is 0.244 e. The highest BCUT2D eigenvalue weighted by Gasteiger charge is 2.06. The molecule has 0 saturated carbocycles. The van der Waals surface area contributed by atoms with Gasteiger partial charge >= 0.3 is 0 Å². The third-order valence-electron chi connectivity index (χ3n) is 3.02. The summed E-state index contributed by atoms with van der Waals surface area (Å²) in [6, 6.07) is 11.6. The molecule has 23 heavy (non-hydrogen) atoms. The fourth-order valence-corrected chi connectivity index (χ4v) is 2.31. The van der Waals surface area contributed by atoms with Crippen LogP contribution in [0, 0.1) is 5.82 Å². The molecule has 0 aliphatic rings. The van der Waals surface area contributed by atoms with E-state index in [4.69, 9.17) is 5.14 Å². The lowest BCUT2D eigenvalue weighted by atomic mass is 10.2. The zero-order chi connectivity index (χ0) is 16.9. The maximum absolute atomic E-state index is 12.7. The first-order valence-corrected chi connectivity index (χ1v) is 8.22. The third kappa shape index (κ3) is 5.32.